The van der Waals surface area contributed by atoms with Gasteiger partial charge in [0.15, 0.2) is 0 Å². The van der Waals surface area contributed by atoms with Crippen LogP contribution in [0.2, 0.25) is 0 Å². The minimum atomic E-state index is -4.06. The van der Waals surface area contributed by atoms with Crippen molar-refractivity contribution in [2.45, 2.75) is 48.0 Å². The fourth-order valence-corrected chi connectivity index (χ4v) is 3.43. The van der Waals surface area contributed by atoms with E-state index in [-0.39, 0.29) is 22.9 Å². The van der Waals surface area contributed by atoms with Gasteiger partial charge in [-0.15, -0.1) is 0 Å². The number of hydrogen-bond acceptors (Lipinski definition) is 2. The molecule has 0 fully saturated rings. The lowest BCUT2D eigenvalue weighted by Gasteiger charge is -2.35. The maximum atomic E-state index is 11.3. The average Bonchev–Trinajstić information content (AvgIpc) is 2.14. The third kappa shape index (κ3) is 4.47. The Morgan fingerprint density at radius 1 is 1.15 bits per heavy atom. The number of hydrogen-bond donors (Lipinski definition) is 3. The summed E-state index contributed by atoms with van der Waals surface area (Å²) in [5.74, 6) is 0.0714. The van der Waals surface area contributed by atoms with Gasteiger partial charge in [-0.25, -0.2) is 0 Å². The standard InChI is InChI=1S/C15H27O4P/c1-14(2,3)11-7-10(9-20(17,18)19)8-12(13(11)16)15(4,5)6/h7,10,16H,8-9H2,1-6H3,(H2,17,18,19). The van der Waals surface area contributed by atoms with Crippen molar-refractivity contribution in [1.82, 2.24) is 0 Å². The molecule has 0 saturated heterocycles. The molecule has 0 aromatic carbocycles. The Hall–Kier alpha value is -0.570. The van der Waals surface area contributed by atoms with Crippen molar-refractivity contribution in [3.63, 3.8) is 0 Å². The summed E-state index contributed by atoms with van der Waals surface area (Å²) < 4.78 is 11.3. The molecular weight excluding hydrogens is 275 g/mol. The molecule has 1 unspecified atom stereocenters. The van der Waals surface area contributed by atoms with E-state index in [1.165, 1.54) is 0 Å². The molecule has 1 aliphatic carbocycles. The normalized spacial score (nSPS) is 22.0. The Kier molecular flexibility index (Phi) is 4.65. The van der Waals surface area contributed by atoms with E-state index in [4.69, 9.17) is 0 Å². The van der Waals surface area contributed by atoms with Crippen molar-refractivity contribution >= 4 is 7.60 Å². The van der Waals surface area contributed by atoms with Crippen molar-refractivity contribution in [2.75, 3.05) is 6.16 Å². The SMILES string of the molecule is CC(C)(C)C1=CC(CP(=O)(O)O)CC(C(C)(C)C)=C1O. The zero-order valence-corrected chi connectivity index (χ0v) is 14.2. The molecular formula is C15H27O4P. The lowest BCUT2D eigenvalue weighted by atomic mass is 9.71. The number of aliphatic hydroxyl groups is 1. The van der Waals surface area contributed by atoms with Crippen molar-refractivity contribution in [2.24, 2.45) is 16.7 Å². The quantitative estimate of drug-likeness (QED) is 0.673. The Labute approximate surface area is 121 Å². The number of aliphatic hydroxyl groups excluding tert-OH is 1. The molecule has 0 aromatic heterocycles. The molecule has 116 valence electrons. The molecule has 0 amide bonds. The van der Waals surface area contributed by atoms with E-state index < -0.39 is 7.60 Å². The van der Waals surface area contributed by atoms with Gasteiger partial charge in [0.25, 0.3) is 0 Å². The Balaban J connectivity index is 3.28. The van der Waals surface area contributed by atoms with Crippen molar-refractivity contribution in [1.29, 1.82) is 0 Å². The monoisotopic (exact) mass is 302 g/mol. The predicted octanol–water partition coefficient (Wildman–Crippen LogP) is 4.01. The van der Waals surface area contributed by atoms with Crippen molar-refractivity contribution in [3.05, 3.63) is 23.0 Å². The molecule has 5 heteroatoms. The molecule has 0 saturated carbocycles. The molecule has 20 heavy (non-hydrogen) atoms. The summed E-state index contributed by atoms with van der Waals surface area (Å²) in [6.07, 6.45) is 2.17. The van der Waals surface area contributed by atoms with Gasteiger partial charge in [-0.05, 0) is 34.3 Å². The fourth-order valence-electron chi connectivity index (χ4n) is 2.58. The number of allylic oxidation sites excluding steroid dienone is 3. The van der Waals surface area contributed by atoms with Gasteiger partial charge < -0.3 is 14.9 Å². The van der Waals surface area contributed by atoms with Crippen LogP contribution in [0.5, 0.6) is 0 Å². The Morgan fingerprint density at radius 2 is 1.65 bits per heavy atom. The van der Waals surface area contributed by atoms with Crippen LogP contribution in [0.3, 0.4) is 0 Å². The van der Waals surface area contributed by atoms with Crippen LogP contribution in [0.15, 0.2) is 23.0 Å². The molecule has 1 rings (SSSR count). The zero-order valence-electron chi connectivity index (χ0n) is 13.3. The van der Waals surface area contributed by atoms with E-state index in [1.807, 2.05) is 47.6 Å². The summed E-state index contributed by atoms with van der Waals surface area (Å²) in [5.41, 5.74) is 1.19. The lowest BCUT2D eigenvalue weighted by Crippen LogP contribution is -2.25. The summed E-state index contributed by atoms with van der Waals surface area (Å²) in [4.78, 5) is 18.4. The maximum absolute atomic E-state index is 11.3. The van der Waals surface area contributed by atoms with Crippen molar-refractivity contribution < 1.29 is 19.5 Å². The van der Waals surface area contributed by atoms with Gasteiger partial charge >= 0.3 is 7.60 Å². The van der Waals surface area contributed by atoms with E-state index in [0.29, 0.717) is 12.2 Å². The molecule has 1 aliphatic rings. The van der Waals surface area contributed by atoms with Crippen molar-refractivity contribution in [3.8, 4) is 0 Å². The van der Waals surface area contributed by atoms with E-state index in [9.17, 15) is 19.5 Å². The van der Waals surface area contributed by atoms with Gasteiger partial charge in [-0.1, -0.05) is 47.6 Å². The van der Waals surface area contributed by atoms with Gasteiger partial charge in [0.1, 0.15) is 5.76 Å². The average molecular weight is 302 g/mol. The maximum Gasteiger partial charge on any atom is 0.326 e. The second-order valence-corrected chi connectivity index (χ2v) is 9.41. The topological polar surface area (TPSA) is 77.8 Å². The van der Waals surface area contributed by atoms with Crippen LogP contribution in [0.4, 0.5) is 0 Å². The smallest absolute Gasteiger partial charge is 0.326 e. The summed E-state index contributed by atoms with van der Waals surface area (Å²) in [6, 6.07) is 0. The molecule has 1 atom stereocenters. The summed E-state index contributed by atoms with van der Waals surface area (Å²) in [7, 11) is -4.06. The molecule has 4 nitrogen and oxygen atoms in total. The molecule has 0 radical (unpaired) electrons. The van der Waals surface area contributed by atoms with E-state index in [2.05, 4.69) is 0 Å². The molecule has 3 N–H and O–H groups in total. The van der Waals surface area contributed by atoms with E-state index in [0.717, 1.165) is 11.1 Å². The number of rotatable bonds is 2. The molecule has 0 heterocycles. The highest BCUT2D eigenvalue weighted by molar-refractivity contribution is 7.51. The minimum absolute atomic E-state index is 0.167. The second kappa shape index (κ2) is 5.32. The first-order valence-corrected chi connectivity index (χ1v) is 8.71. The van der Waals surface area contributed by atoms with Gasteiger partial charge in [0.05, 0.1) is 6.16 Å². The van der Waals surface area contributed by atoms with Crippen LogP contribution >= 0.6 is 7.60 Å². The Morgan fingerprint density at radius 3 is 2.00 bits per heavy atom. The summed E-state index contributed by atoms with van der Waals surface area (Å²) in [6.45, 7) is 12.0. The summed E-state index contributed by atoms with van der Waals surface area (Å²) in [5, 5.41) is 10.5. The zero-order chi connectivity index (χ0) is 15.9. The molecule has 0 bridgehead atoms. The van der Waals surface area contributed by atoms with Crippen LogP contribution < -0.4 is 0 Å². The van der Waals surface area contributed by atoms with Crippen LogP contribution in [-0.2, 0) is 4.57 Å². The van der Waals surface area contributed by atoms with Gasteiger partial charge in [-0.2, -0.15) is 0 Å². The minimum Gasteiger partial charge on any atom is -0.508 e. The lowest BCUT2D eigenvalue weighted by molar-refractivity contribution is 0.322. The Bertz CT molecular complexity index is 483. The van der Waals surface area contributed by atoms with Crippen LogP contribution in [0.25, 0.3) is 0 Å². The van der Waals surface area contributed by atoms with E-state index in [1.54, 1.807) is 0 Å². The van der Waals surface area contributed by atoms with E-state index >= 15 is 0 Å². The van der Waals surface area contributed by atoms with Crippen LogP contribution in [-0.4, -0.2) is 21.1 Å². The predicted molar refractivity (Wildman–Crippen MR) is 81.7 cm³/mol. The largest absolute Gasteiger partial charge is 0.508 e. The van der Waals surface area contributed by atoms with Gasteiger partial charge in [-0.3, -0.25) is 4.57 Å². The highest BCUT2D eigenvalue weighted by Crippen LogP contribution is 2.47. The van der Waals surface area contributed by atoms with Crippen LogP contribution in [0, 0.1) is 16.7 Å². The first kappa shape index (κ1) is 17.5. The first-order chi connectivity index (χ1) is 8.72. The van der Waals surface area contributed by atoms with Gasteiger partial charge in [0.2, 0.25) is 0 Å². The summed E-state index contributed by atoms with van der Waals surface area (Å²) >= 11 is 0. The third-order valence-electron chi connectivity index (χ3n) is 3.60. The van der Waals surface area contributed by atoms with Gasteiger partial charge in [0, 0.05) is 0 Å². The van der Waals surface area contributed by atoms with Crippen LogP contribution in [0.1, 0.15) is 48.0 Å². The first-order valence-electron chi connectivity index (χ1n) is 6.91. The second-order valence-electron chi connectivity index (χ2n) is 7.72. The highest BCUT2D eigenvalue weighted by Gasteiger charge is 2.35. The highest BCUT2D eigenvalue weighted by atomic mass is 31.2. The molecule has 0 spiro atoms. The third-order valence-corrected chi connectivity index (χ3v) is 4.54. The molecule has 0 aliphatic heterocycles. The molecule has 0 aromatic rings. The fraction of sp³-hybridized carbons (Fsp3) is 0.733.